The zero-order chi connectivity index (χ0) is 14.3. The first-order chi connectivity index (χ1) is 9.60. The number of carbonyl (C=O) groups excluding carboxylic acids is 1. The Morgan fingerprint density at radius 3 is 2.90 bits per heavy atom. The quantitative estimate of drug-likeness (QED) is 0.366. The van der Waals surface area contributed by atoms with Crippen molar-refractivity contribution in [2.75, 3.05) is 13.9 Å². The second-order valence-electron chi connectivity index (χ2n) is 5.17. The van der Waals surface area contributed by atoms with Crippen molar-refractivity contribution in [3.05, 3.63) is 34.3 Å². The fourth-order valence-electron chi connectivity index (χ4n) is 2.92. The van der Waals surface area contributed by atoms with E-state index in [1.54, 1.807) is 13.2 Å². The van der Waals surface area contributed by atoms with Gasteiger partial charge in [-0.2, -0.15) is 0 Å². The lowest BCUT2D eigenvalue weighted by atomic mass is 9.86. The van der Waals surface area contributed by atoms with E-state index in [1.807, 2.05) is 6.07 Å². The van der Waals surface area contributed by atoms with Gasteiger partial charge in [-0.1, -0.05) is 12.2 Å². The molecule has 2 atom stereocenters. The van der Waals surface area contributed by atoms with Gasteiger partial charge in [-0.15, -0.1) is 0 Å². The minimum atomic E-state index is -0.160. The van der Waals surface area contributed by atoms with Crippen molar-refractivity contribution in [1.82, 2.24) is 0 Å². The zero-order valence-corrected chi connectivity index (χ0v) is 12.7. The Kier molecular flexibility index (Phi) is 3.56. The first-order valence-corrected chi connectivity index (χ1v) is 7.23. The molecule has 5 heteroatoms. The number of fused-ring (bicyclic) bond motifs is 3. The van der Waals surface area contributed by atoms with Gasteiger partial charge in [0.25, 0.3) is 0 Å². The molecule has 1 fully saturated rings. The van der Waals surface area contributed by atoms with Crippen LogP contribution < -0.4 is 9.47 Å². The molecule has 1 aromatic carbocycles. The Balaban J connectivity index is 2.02. The highest BCUT2D eigenvalue weighted by molar-refractivity contribution is 9.10. The van der Waals surface area contributed by atoms with Crippen molar-refractivity contribution < 1.29 is 19.0 Å². The molecule has 0 aromatic heterocycles. The average Bonchev–Trinajstić information content (AvgIpc) is 2.80. The van der Waals surface area contributed by atoms with E-state index in [1.165, 1.54) is 0 Å². The summed E-state index contributed by atoms with van der Waals surface area (Å²) in [6.45, 7) is 4.20. The van der Waals surface area contributed by atoms with Gasteiger partial charge < -0.3 is 14.2 Å². The molecule has 0 unspecified atom stereocenters. The number of benzene rings is 1. The number of methoxy groups -OCH3 is 1. The highest BCUT2D eigenvalue weighted by atomic mass is 79.9. The van der Waals surface area contributed by atoms with Gasteiger partial charge >= 0.3 is 5.97 Å². The van der Waals surface area contributed by atoms with Crippen LogP contribution in [0.2, 0.25) is 0 Å². The van der Waals surface area contributed by atoms with Gasteiger partial charge in [0.15, 0.2) is 6.79 Å². The molecule has 2 aliphatic rings. The van der Waals surface area contributed by atoms with E-state index in [-0.39, 0.29) is 24.6 Å². The Hall–Kier alpha value is -1.33. The van der Waals surface area contributed by atoms with Gasteiger partial charge in [0, 0.05) is 18.6 Å². The van der Waals surface area contributed by atoms with Crippen LogP contribution >= 0.6 is 15.9 Å². The maximum atomic E-state index is 12.1. The molecule has 1 saturated carbocycles. The molecule has 0 saturated heterocycles. The third kappa shape index (κ3) is 2.25. The number of esters is 1. The summed E-state index contributed by atoms with van der Waals surface area (Å²) in [4.78, 5) is 12.1. The summed E-state index contributed by atoms with van der Waals surface area (Å²) in [7, 11) is 1.58. The van der Waals surface area contributed by atoms with Crippen molar-refractivity contribution in [2.24, 2.45) is 5.92 Å². The van der Waals surface area contributed by atoms with Crippen LogP contribution in [0.3, 0.4) is 0 Å². The fraction of sp³-hybridized carbons (Fsp3) is 0.400. The Labute approximate surface area is 125 Å². The second kappa shape index (κ2) is 5.22. The van der Waals surface area contributed by atoms with E-state index in [0.717, 1.165) is 22.0 Å². The van der Waals surface area contributed by atoms with Crippen LogP contribution in [0, 0.1) is 5.92 Å². The van der Waals surface area contributed by atoms with Crippen LogP contribution in [0.5, 0.6) is 11.5 Å². The number of allylic oxidation sites excluding steroid dienone is 1. The molecule has 0 radical (unpaired) electrons. The normalized spacial score (nSPS) is 24.1. The predicted molar refractivity (Wildman–Crippen MR) is 76.9 cm³/mol. The van der Waals surface area contributed by atoms with Gasteiger partial charge in [0.1, 0.15) is 11.5 Å². The summed E-state index contributed by atoms with van der Waals surface area (Å²) in [5, 5.41) is 0. The number of carbonyl (C=O) groups is 1. The zero-order valence-electron chi connectivity index (χ0n) is 11.1. The number of halogens is 1. The van der Waals surface area contributed by atoms with Crippen molar-refractivity contribution >= 4 is 21.9 Å². The lowest BCUT2D eigenvalue weighted by Gasteiger charge is -2.27. The molecule has 0 bridgehead atoms. The lowest BCUT2D eigenvalue weighted by Crippen LogP contribution is -2.28. The van der Waals surface area contributed by atoms with Crippen LogP contribution in [-0.2, 0) is 9.53 Å². The van der Waals surface area contributed by atoms with Crippen molar-refractivity contribution in [1.29, 1.82) is 0 Å². The molecule has 106 valence electrons. The molecule has 20 heavy (non-hydrogen) atoms. The molecule has 0 N–H and O–H groups in total. The van der Waals surface area contributed by atoms with E-state index in [0.29, 0.717) is 17.9 Å². The summed E-state index contributed by atoms with van der Waals surface area (Å²) >= 11 is 3.44. The predicted octanol–water partition coefficient (Wildman–Crippen LogP) is 3.40. The van der Waals surface area contributed by atoms with Crippen LogP contribution in [0.25, 0.3) is 0 Å². The molecule has 4 nitrogen and oxygen atoms in total. The van der Waals surface area contributed by atoms with Crippen molar-refractivity contribution in [3.63, 3.8) is 0 Å². The van der Waals surface area contributed by atoms with E-state index >= 15 is 0 Å². The molecular formula is C15H15BrO4. The van der Waals surface area contributed by atoms with Gasteiger partial charge in [-0.3, -0.25) is 4.79 Å². The highest BCUT2D eigenvalue weighted by Gasteiger charge is 2.43. The van der Waals surface area contributed by atoms with Crippen molar-refractivity contribution in [2.45, 2.75) is 18.8 Å². The fourth-order valence-corrected chi connectivity index (χ4v) is 3.46. The molecule has 0 spiro atoms. The van der Waals surface area contributed by atoms with E-state index in [9.17, 15) is 4.79 Å². The summed E-state index contributed by atoms with van der Waals surface area (Å²) < 4.78 is 16.6. The standard InChI is InChI=1S/C15H15BrO4/c1-8-3-10-11-5-9(19-7-18-2)6-13(16)14(11)20-15(17)12(10)4-8/h5-6,10,12H,1,3-4,7H2,2H3/t10-,12-/m1/s1. The highest BCUT2D eigenvalue weighted by Crippen LogP contribution is 2.51. The maximum absolute atomic E-state index is 12.1. The van der Waals surface area contributed by atoms with E-state index < -0.39 is 0 Å². The third-order valence-electron chi connectivity index (χ3n) is 3.80. The van der Waals surface area contributed by atoms with Gasteiger partial charge in [0.2, 0.25) is 0 Å². The van der Waals surface area contributed by atoms with Gasteiger partial charge in [-0.05, 0) is 40.9 Å². The summed E-state index contributed by atoms with van der Waals surface area (Å²) in [5.41, 5.74) is 2.11. The maximum Gasteiger partial charge on any atom is 0.315 e. The SMILES string of the molecule is C=C1C[C@@H]2c3cc(OCOC)cc(Br)c3OC(=O)[C@@H]2C1. The molecule has 1 aliphatic carbocycles. The van der Waals surface area contributed by atoms with Gasteiger partial charge in [-0.25, -0.2) is 0 Å². The molecular weight excluding hydrogens is 324 g/mol. The van der Waals surface area contributed by atoms with Crippen LogP contribution in [-0.4, -0.2) is 19.9 Å². The van der Waals surface area contributed by atoms with Crippen molar-refractivity contribution in [3.8, 4) is 11.5 Å². The molecule has 1 aromatic rings. The molecule has 1 aliphatic heterocycles. The van der Waals surface area contributed by atoms with Gasteiger partial charge in [0.05, 0.1) is 10.4 Å². The smallest absolute Gasteiger partial charge is 0.315 e. The second-order valence-corrected chi connectivity index (χ2v) is 6.02. The minimum absolute atomic E-state index is 0.112. The molecule has 1 heterocycles. The number of hydrogen-bond acceptors (Lipinski definition) is 4. The summed E-state index contributed by atoms with van der Waals surface area (Å²) in [6, 6.07) is 3.72. The summed E-state index contributed by atoms with van der Waals surface area (Å²) in [5.74, 6) is 1.18. The topological polar surface area (TPSA) is 44.8 Å². The molecule has 0 amide bonds. The van der Waals surface area contributed by atoms with E-state index in [2.05, 4.69) is 22.5 Å². The Morgan fingerprint density at radius 2 is 2.15 bits per heavy atom. The van der Waals surface area contributed by atoms with E-state index in [4.69, 9.17) is 14.2 Å². The monoisotopic (exact) mass is 338 g/mol. The summed E-state index contributed by atoms with van der Waals surface area (Å²) in [6.07, 6.45) is 1.54. The first kappa shape index (κ1) is 13.6. The average molecular weight is 339 g/mol. The van der Waals surface area contributed by atoms with Crippen LogP contribution in [0.4, 0.5) is 0 Å². The third-order valence-corrected chi connectivity index (χ3v) is 4.39. The number of rotatable bonds is 3. The Bertz CT molecular complexity index is 581. The number of hydrogen-bond donors (Lipinski definition) is 0. The Morgan fingerprint density at radius 1 is 1.40 bits per heavy atom. The first-order valence-electron chi connectivity index (χ1n) is 6.43. The number of ether oxygens (including phenoxy) is 3. The minimum Gasteiger partial charge on any atom is -0.468 e. The largest absolute Gasteiger partial charge is 0.468 e. The molecule has 3 rings (SSSR count). The van der Waals surface area contributed by atoms with Crippen LogP contribution in [0.1, 0.15) is 24.3 Å². The lowest BCUT2D eigenvalue weighted by molar-refractivity contribution is -0.140. The van der Waals surface area contributed by atoms with Crippen LogP contribution in [0.15, 0.2) is 28.8 Å².